The topological polar surface area (TPSA) is 26.3 Å². The average Bonchev–Trinajstić information content (AvgIpc) is 1.88. The number of carbonyl (C=O) groups is 1. The van der Waals surface area contributed by atoms with Crippen LogP contribution < -0.4 is 0 Å². The van der Waals surface area contributed by atoms with Crippen LogP contribution in [0.5, 0.6) is 0 Å². The fraction of sp³-hybridized carbons (Fsp3) is 0.500. The summed E-state index contributed by atoms with van der Waals surface area (Å²) < 4.78 is 4.49. The van der Waals surface area contributed by atoms with E-state index in [1.165, 1.54) is 0 Å². The van der Waals surface area contributed by atoms with Crippen LogP contribution in [0.2, 0.25) is 0 Å². The van der Waals surface area contributed by atoms with Gasteiger partial charge in [0, 0.05) is 5.38 Å². The zero-order valence-electron chi connectivity index (χ0n) is 5.06. The number of carbonyl (C=O) groups excluding carboxylic acids is 1. The van der Waals surface area contributed by atoms with Crippen molar-refractivity contribution in [3.8, 4) is 11.3 Å². The third-order valence-electron chi connectivity index (χ3n) is 0.806. The summed E-state index contributed by atoms with van der Waals surface area (Å²) >= 11 is 5.05. The summed E-state index contributed by atoms with van der Waals surface area (Å²) in [5.74, 6) is 2.50. The Morgan fingerprint density at radius 3 is 2.89 bits per heavy atom. The Morgan fingerprint density at radius 2 is 2.56 bits per heavy atom. The third-order valence-corrected chi connectivity index (χ3v) is 0.915. The van der Waals surface area contributed by atoms with Crippen LogP contribution in [0.3, 0.4) is 0 Å². The molecule has 1 unspecified atom stereocenters. The molecule has 9 heavy (non-hydrogen) atoms. The van der Waals surface area contributed by atoms with E-state index in [0.717, 1.165) is 0 Å². The molecule has 50 valence electrons. The van der Waals surface area contributed by atoms with Gasteiger partial charge in [-0.1, -0.05) is 6.92 Å². The van der Waals surface area contributed by atoms with E-state index in [1.807, 2.05) is 6.92 Å². The quantitative estimate of drug-likeness (QED) is 0.441. The second kappa shape index (κ2) is 5.46. The summed E-state index contributed by atoms with van der Waals surface area (Å²) in [6.07, 6.45) is 0.318. The molecule has 0 bridgehead atoms. The monoisotopic (exact) mass is 146 g/mol. The Labute approximate surface area is 59.1 Å². The average molecular weight is 147 g/mol. The van der Waals surface area contributed by atoms with Crippen molar-refractivity contribution in [1.29, 1.82) is 0 Å². The lowest BCUT2D eigenvalue weighted by Crippen LogP contribution is -2.06. The number of ether oxygens (including phenoxy) is 1. The second-order valence-electron chi connectivity index (χ2n) is 1.37. The summed E-state index contributed by atoms with van der Waals surface area (Å²) in [6, 6.07) is 0. The minimum absolute atomic E-state index is 0.347. The first-order chi connectivity index (χ1) is 4.35. The van der Waals surface area contributed by atoms with Gasteiger partial charge in [0.25, 0.3) is 6.47 Å². The lowest BCUT2D eigenvalue weighted by atomic mass is 10.3. The Kier molecular flexibility index (Phi) is 5.04. The number of rotatable bonds is 3. The van der Waals surface area contributed by atoms with Crippen molar-refractivity contribution in [3.63, 3.8) is 0 Å². The molecule has 0 amide bonds. The van der Waals surface area contributed by atoms with E-state index in [1.54, 1.807) is 0 Å². The fourth-order valence-corrected chi connectivity index (χ4v) is 0.482. The first kappa shape index (κ1) is 8.32. The molecule has 0 radical (unpaired) electrons. The van der Waals surface area contributed by atoms with E-state index in [2.05, 4.69) is 16.0 Å². The summed E-state index contributed by atoms with van der Waals surface area (Å²) in [5.41, 5.74) is 0. The van der Waals surface area contributed by atoms with Crippen molar-refractivity contribution in [1.82, 2.24) is 0 Å². The molecule has 1 atom stereocenters. The molecule has 3 heteroatoms. The maximum Gasteiger partial charge on any atom is 0.294 e. The van der Waals surface area contributed by atoms with Crippen molar-refractivity contribution >= 4 is 18.1 Å². The minimum Gasteiger partial charge on any atom is -0.451 e. The van der Waals surface area contributed by atoms with Gasteiger partial charge in [-0.15, -0.1) is 0 Å². The van der Waals surface area contributed by atoms with Crippen molar-refractivity contribution < 1.29 is 9.53 Å². The van der Waals surface area contributed by atoms with Crippen molar-refractivity contribution in [2.24, 2.45) is 0 Å². The predicted octanol–water partition coefficient (Wildman–Crippen LogP) is 1.14. The second-order valence-corrected chi connectivity index (χ2v) is 1.56. The molecule has 0 aromatic rings. The molecule has 0 aliphatic heterocycles. The number of hydrogen-bond donors (Lipinski definition) is 0. The van der Waals surface area contributed by atoms with E-state index in [4.69, 9.17) is 11.6 Å². The highest BCUT2D eigenvalue weighted by molar-refractivity contribution is 6.30. The highest BCUT2D eigenvalue weighted by Gasteiger charge is 1.98. The number of halogens is 1. The van der Waals surface area contributed by atoms with Crippen LogP contribution in [-0.4, -0.2) is 12.6 Å². The molecule has 0 saturated heterocycles. The molecule has 2 nitrogen and oxygen atoms in total. The third kappa shape index (κ3) is 3.87. The molecular formula is C6H7ClO2. The highest BCUT2D eigenvalue weighted by atomic mass is 35.5. The largest absolute Gasteiger partial charge is 0.451 e. The van der Waals surface area contributed by atoms with Gasteiger partial charge in [0.1, 0.15) is 0 Å². The molecule has 0 aromatic carbocycles. The Morgan fingerprint density at radius 1 is 1.89 bits per heavy atom. The van der Waals surface area contributed by atoms with Crippen molar-refractivity contribution in [3.05, 3.63) is 0 Å². The zero-order chi connectivity index (χ0) is 7.11. The standard InChI is InChI=1S/C6H7ClO2/c1-2-6(3-4-7)9-5-8/h5-6H,2H2,1H3. The van der Waals surface area contributed by atoms with Crippen LogP contribution in [0.25, 0.3) is 0 Å². The maximum absolute atomic E-state index is 9.72. The lowest BCUT2D eigenvalue weighted by Gasteiger charge is -2.01. The number of hydrogen-bond acceptors (Lipinski definition) is 2. The molecule has 0 aliphatic rings. The molecule has 0 N–H and O–H groups in total. The van der Waals surface area contributed by atoms with Gasteiger partial charge >= 0.3 is 0 Å². The zero-order valence-corrected chi connectivity index (χ0v) is 5.81. The van der Waals surface area contributed by atoms with Gasteiger partial charge in [0.2, 0.25) is 0 Å². The summed E-state index contributed by atoms with van der Waals surface area (Å²) in [4.78, 5) is 9.72. The molecule has 0 spiro atoms. The Bertz CT molecular complexity index is 134. The molecule has 0 rings (SSSR count). The van der Waals surface area contributed by atoms with Gasteiger partial charge in [0.15, 0.2) is 6.10 Å². The maximum atomic E-state index is 9.72. The molecular weight excluding hydrogens is 140 g/mol. The van der Waals surface area contributed by atoms with Gasteiger partial charge in [0.05, 0.1) is 0 Å². The smallest absolute Gasteiger partial charge is 0.294 e. The van der Waals surface area contributed by atoms with Gasteiger partial charge in [-0.25, -0.2) is 0 Å². The lowest BCUT2D eigenvalue weighted by molar-refractivity contribution is -0.131. The van der Waals surface area contributed by atoms with Gasteiger partial charge in [-0.3, -0.25) is 4.79 Å². The molecule has 0 heterocycles. The van der Waals surface area contributed by atoms with Crippen molar-refractivity contribution in [2.75, 3.05) is 0 Å². The van der Waals surface area contributed by atoms with Gasteiger partial charge < -0.3 is 4.74 Å². The molecule has 0 fully saturated rings. The van der Waals surface area contributed by atoms with Crippen LogP contribution in [0, 0.1) is 11.3 Å². The SMILES string of the molecule is CCC(C#CCl)OC=O. The van der Waals surface area contributed by atoms with E-state index in [-0.39, 0.29) is 6.10 Å². The van der Waals surface area contributed by atoms with E-state index >= 15 is 0 Å². The van der Waals surface area contributed by atoms with Gasteiger partial charge in [-0.05, 0) is 23.9 Å². The minimum atomic E-state index is -0.347. The van der Waals surface area contributed by atoms with Crippen LogP contribution in [0.4, 0.5) is 0 Å². The molecule has 0 saturated carbocycles. The summed E-state index contributed by atoms with van der Waals surface area (Å²) in [6.45, 7) is 2.23. The first-order valence-corrected chi connectivity index (χ1v) is 2.93. The van der Waals surface area contributed by atoms with Crippen LogP contribution in [0.15, 0.2) is 0 Å². The van der Waals surface area contributed by atoms with Crippen molar-refractivity contribution in [2.45, 2.75) is 19.4 Å². The van der Waals surface area contributed by atoms with Crippen LogP contribution in [0.1, 0.15) is 13.3 Å². The Balaban J connectivity index is 3.62. The predicted molar refractivity (Wildman–Crippen MR) is 34.9 cm³/mol. The van der Waals surface area contributed by atoms with E-state index < -0.39 is 0 Å². The van der Waals surface area contributed by atoms with E-state index in [9.17, 15) is 4.79 Å². The fourth-order valence-electron chi connectivity index (χ4n) is 0.360. The summed E-state index contributed by atoms with van der Waals surface area (Å²) in [7, 11) is 0. The summed E-state index contributed by atoms with van der Waals surface area (Å²) in [5, 5.41) is 2.14. The Hall–Kier alpha value is -0.680. The highest BCUT2D eigenvalue weighted by Crippen LogP contribution is 1.92. The first-order valence-electron chi connectivity index (χ1n) is 2.55. The van der Waals surface area contributed by atoms with Gasteiger partial charge in [-0.2, -0.15) is 0 Å². The molecule has 0 aromatic heterocycles. The van der Waals surface area contributed by atoms with Crippen LogP contribution >= 0.6 is 11.6 Å². The van der Waals surface area contributed by atoms with Crippen LogP contribution in [-0.2, 0) is 9.53 Å². The normalized spacial score (nSPS) is 10.9. The molecule has 0 aliphatic carbocycles. The van der Waals surface area contributed by atoms with E-state index in [0.29, 0.717) is 12.9 Å².